The third-order valence-corrected chi connectivity index (χ3v) is 1.47. The molecule has 0 saturated carbocycles. The van der Waals surface area contributed by atoms with Crippen LogP contribution >= 0.6 is 0 Å². The molecule has 0 spiro atoms. The van der Waals surface area contributed by atoms with E-state index in [9.17, 15) is 22.0 Å². The molecule has 0 radical (unpaired) electrons. The van der Waals surface area contributed by atoms with Gasteiger partial charge in [0.2, 0.25) is 5.95 Å². The lowest BCUT2D eigenvalue weighted by Crippen LogP contribution is -2.24. The van der Waals surface area contributed by atoms with Crippen molar-refractivity contribution >= 4 is 0 Å². The van der Waals surface area contributed by atoms with E-state index in [2.05, 4.69) is 0 Å². The second-order valence-corrected chi connectivity index (χ2v) is 2.27. The highest BCUT2D eigenvalue weighted by atomic mass is 19.4. The molecule has 0 heterocycles. The molecule has 0 unspecified atom stereocenters. The second kappa shape index (κ2) is 4.43. The summed E-state index contributed by atoms with van der Waals surface area (Å²) >= 11 is 0. The van der Waals surface area contributed by atoms with Crippen LogP contribution in [0.5, 0.6) is 0 Å². The molecule has 0 aliphatic rings. The molecule has 0 aliphatic heterocycles. The lowest BCUT2D eigenvalue weighted by atomic mass is 10.4. The fraction of sp³-hybridized carbons (Fsp3) is 0.714. The molecule has 0 fully saturated rings. The van der Waals surface area contributed by atoms with Gasteiger partial charge in [0.15, 0.2) is 0 Å². The highest BCUT2D eigenvalue weighted by molar-refractivity contribution is 5.04. The van der Waals surface area contributed by atoms with Crippen LogP contribution in [0, 0.1) is 0 Å². The van der Waals surface area contributed by atoms with E-state index in [-0.39, 0.29) is 13.1 Å². The summed E-state index contributed by atoms with van der Waals surface area (Å²) in [5, 5.41) is 0. The minimum Gasteiger partial charge on any atom is -0.347 e. The predicted molar refractivity (Wildman–Crippen MR) is 38.2 cm³/mol. The largest absolute Gasteiger partial charge is 0.447 e. The Labute approximate surface area is 72.8 Å². The predicted octanol–water partition coefficient (Wildman–Crippen LogP) is 3.00. The van der Waals surface area contributed by atoms with Crippen molar-refractivity contribution < 1.29 is 22.0 Å². The lowest BCUT2D eigenvalue weighted by molar-refractivity contribution is -0.113. The quantitative estimate of drug-likeness (QED) is 0.503. The van der Waals surface area contributed by atoms with E-state index in [0.717, 1.165) is 0 Å². The molecule has 0 atom stereocenters. The number of halogens is 5. The van der Waals surface area contributed by atoms with Gasteiger partial charge in [0, 0.05) is 13.1 Å². The number of alkyl halides is 3. The van der Waals surface area contributed by atoms with E-state index >= 15 is 0 Å². The first-order valence-electron chi connectivity index (χ1n) is 3.72. The van der Waals surface area contributed by atoms with Crippen LogP contribution < -0.4 is 0 Å². The highest BCUT2D eigenvalue weighted by Gasteiger charge is 2.39. The lowest BCUT2D eigenvalue weighted by Gasteiger charge is -2.19. The molecule has 0 aromatic carbocycles. The average molecular weight is 203 g/mol. The van der Waals surface area contributed by atoms with E-state index in [4.69, 9.17) is 0 Å². The van der Waals surface area contributed by atoms with E-state index in [1.54, 1.807) is 0 Å². The van der Waals surface area contributed by atoms with Gasteiger partial charge in [-0.05, 0) is 13.8 Å². The van der Waals surface area contributed by atoms with Crippen molar-refractivity contribution in [1.29, 1.82) is 0 Å². The van der Waals surface area contributed by atoms with E-state index in [0.29, 0.717) is 4.90 Å². The van der Waals surface area contributed by atoms with Crippen LogP contribution in [0.15, 0.2) is 11.8 Å². The Morgan fingerprint density at radius 2 is 1.46 bits per heavy atom. The van der Waals surface area contributed by atoms with Crippen LogP contribution in [-0.4, -0.2) is 24.2 Å². The standard InChI is InChI=1S/C7H10F5N/c1-3-13(4-2)6(9)5(8)7(10,11)12/h3-4H2,1-2H3. The van der Waals surface area contributed by atoms with Crippen LogP contribution in [0.1, 0.15) is 13.8 Å². The molecular formula is C7H10F5N. The molecule has 78 valence electrons. The van der Waals surface area contributed by atoms with E-state index in [1.165, 1.54) is 13.8 Å². The van der Waals surface area contributed by atoms with Crippen LogP contribution in [0.3, 0.4) is 0 Å². The third-order valence-electron chi connectivity index (χ3n) is 1.47. The Morgan fingerprint density at radius 3 is 1.69 bits per heavy atom. The highest BCUT2D eigenvalue weighted by Crippen LogP contribution is 2.30. The van der Waals surface area contributed by atoms with Gasteiger partial charge in [0.05, 0.1) is 0 Å². The first-order valence-corrected chi connectivity index (χ1v) is 3.72. The van der Waals surface area contributed by atoms with Gasteiger partial charge >= 0.3 is 6.18 Å². The first-order chi connectivity index (χ1) is 5.84. The van der Waals surface area contributed by atoms with Crippen molar-refractivity contribution in [3.05, 3.63) is 11.8 Å². The van der Waals surface area contributed by atoms with Crippen LogP contribution in [0.25, 0.3) is 0 Å². The maximum atomic E-state index is 12.7. The van der Waals surface area contributed by atoms with Crippen molar-refractivity contribution in [2.45, 2.75) is 20.0 Å². The molecule has 13 heavy (non-hydrogen) atoms. The molecule has 0 N–H and O–H groups in total. The summed E-state index contributed by atoms with van der Waals surface area (Å²) < 4.78 is 59.8. The molecule has 0 saturated heterocycles. The van der Waals surface area contributed by atoms with Gasteiger partial charge in [-0.1, -0.05) is 0 Å². The summed E-state index contributed by atoms with van der Waals surface area (Å²) in [4.78, 5) is 0.656. The minimum atomic E-state index is -5.24. The number of hydrogen-bond acceptors (Lipinski definition) is 1. The Kier molecular flexibility index (Phi) is 4.16. The Morgan fingerprint density at radius 1 is 1.08 bits per heavy atom. The number of allylic oxidation sites excluding steroid dienone is 1. The van der Waals surface area contributed by atoms with Gasteiger partial charge in [-0.25, -0.2) is 0 Å². The zero-order valence-electron chi connectivity index (χ0n) is 7.25. The maximum Gasteiger partial charge on any atom is 0.447 e. The van der Waals surface area contributed by atoms with E-state index < -0.39 is 18.0 Å². The van der Waals surface area contributed by atoms with Crippen molar-refractivity contribution in [1.82, 2.24) is 4.90 Å². The molecule has 0 aliphatic carbocycles. The second-order valence-electron chi connectivity index (χ2n) is 2.27. The van der Waals surface area contributed by atoms with Crippen molar-refractivity contribution in [3.8, 4) is 0 Å². The van der Waals surface area contributed by atoms with Gasteiger partial charge in [-0.2, -0.15) is 22.0 Å². The Bertz CT molecular complexity index is 192. The zero-order chi connectivity index (χ0) is 10.6. The van der Waals surface area contributed by atoms with E-state index in [1.807, 2.05) is 0 Å². The fourth-order valence-corrected chi connectivity index (χ4v) is 0.757. The minimum absolute atomic E-state index is 0.00810. The Balaban J connectivity index is 4.79. The summed E-state index contributed by atoms with van der Waals surface area (Å²) in [6.07, 6.45) is -5.24. The molecule has 6 heteroatoms. The summed E-state index contributed by atoms with van der Waals surface area (Å²) in [6.45, 7) is 2.86. The van der Waals surface area contributed by atoms with Crippen molar-refractivity contribution in [2.24, 2.45) is 0 Å². The van der Waals surface area contributed by atoms with Crippen molar-refractivity contribution in [2.75, 3.05) is 13.1 Å². The monoisotopic (exact) mass is 203 g/mol. The molecule has 0 rings (SSSR count). The molecule has 0 amide bonds. The summed E-state index contributed by atoms with van der Waals surface area (Å²) in [5.41, 5.74) is 0. The normalized spacial score (nSPS) is 14.1. The fourth-order valence-electron chi connectivity index (χ4n) is 0.757. The van der Waals surface area contributed by atoms with Gasteiger partial charge in [0.25, 0.3) is 5.83 Å². The van der Waals surface area contributed by atoms with Gasteiger partial charge in [0.1, 0.15) is 0 Å². The summed E-state index contributed by atoms with van der Waals surface area (Å²) in [7, 11) is 0. The van der Waals surface area contributed by atoms with Crippen molar-refractivity contribution in [3.63, 3.8) is 0 Å². The van der Waals surface area contributed by atoms with Crippen LogP contribution in [-0.2, 0) is 0 Å². The number of rotatable bonds is 3. The smallest absolute Gasteiger partial charge is 0.347 e. The van der Waals surface area contributed by atoms with Crippen LogP contribution in [0.4, 0.5) is 22.0 Å². The third kappa shape index (κ3) is 3.20. The van der Waals surface area contributed by atoms with Gasteiger partial charge < -0.3 is 4.90 Å². The molecule has 0 aromatic heterocycles. The molecular weight excluding hydrogens is 193 g/mol. The maximum absolute atomic E-state index is 12.7. The zero-order valence-corrected chi connectivity index (χ0v) is 7.25. The van der Waals surface area contributed by atoms with Crippen LogP contribution in [0.2, 0.25) is 0 Å². The molecule has 0 aromatic rings. The topological polar surface area (TPSA) is 3.24 Å². The summed E-state index contributed by atoms with van der Waals surface area (Å²) in [5.74, 6) is -4.52. The molecule has 1 nitrogen and oxygen atoms in total. The summed E-state index contributed by atoms with van der Waals surface area (Å²) in [6, 6.07) is 0. The Hall–Kier alpha value is -0.810. The SMILES string of the molecule is CCN(CC)C(F)=C(F)C(F)(F)F. The number of nitrogens with zero attached hydrogens (tertiary/aromatic N) is 1. The first kappa shape index (κ1) is 12.2. The average Bonchev–Trinajstić information content (AvgIpc) is 2.03. The van der Waals surface area contributed by atoms with Gasteiger partial charge in [-0.3, -0.25) is 0 Å². The molecule has 0 bridgehead atoms. The van der Waals surface area contributed by atoms with Gasteiger partial charge in [-0.15, -0.1) is 0 Å². The number of hydrogen-bond donors (Lipinski definition) is 0.